The average Bonchev–Trinajstić information content (AvgIpc) is 3.06. The monoisotopic (exact) mass is 598 g/mol. The van der Waals surface area contributed by atoms with Crippen molar-refractivity contribution in [1.82, 2.24) is 10.2 Å². The Labute approximate surface area is 245 Å². The Balaban J connectivity index is 2.00. The van der Waals surface area contributed by atoms with Gasteiger partial charge in [-0.1, -0.05) is 60.7 Å². The summed E-state index contributed by atoms with van der Waals surface area (Å²) in [7, 11) is 3.10. The average molecular weight is 599 g/mol. The second-order valence-electron chi connectivity index (χ2n) is 9.86. The molecule has 42 heavy (non-hydrogen) atoms. The molecule has 234 valence electrons. The summed E-state index contributed by atoms with van der Waals surface area (Å²) in [6.45, 7) is 0.350. The fraction of sp³-hybridized carbons (Fsp3) is 0.567. The van der Waals surface area contributed by atoms with Crippen molar-refractivity contribution in [2.45, 2.75) is 49.7 Å². The third-order valence-electron chi connectivity index (χ3n) is 6.84. The molecule has 1 aliphatic heterocycles. The van der Waals surface area contributed by atoms with Crippen molar-refractivity contribution in [2.75, 3.05) is 60.8 Å². The van der Waals surface area contributed by atoms with Gasteiger partial charge < -0.3 is 38.6 Å². The molecular formula is C30H41F3N2O7. The van der Waals surface area contributed by atoms with E-state index < -0.39 is 49.5 Å². The van der Waals surface area contributed by atoms with E-state index in [1.54, 1.807) is 14.2 Å². The zero-order valence-corrected chi connectivity index (χ0v) is 24.1. The lowest BCUT2D eigenvalue weighted by atomic mass is 9.91. The van der Waals surface area contributed by atoms with Gasteiger partial charge in [-0.15, -0.1) is 0 Å². The predicted molar refractivity (Wildman–Crippen MR) is 149 cm³/mol. The van der Waals surface area contributed by atoms with Crippen LogP contribution in [0.1, 0.15) is 17.5 Å². The van der Waals surface area contributed by atoms with E-state index in [2.05, 4.69) is 5.32 Å². The summed E-state index contributed by atoms with van der Waals surface area (Å²) in [5.74, 6) is 0. The number of nitrogens with one attached hydrogen (secondary N) is 1. The van der Waals surface area contributed by atoms with Gasteiger partial charge in [-0.05, 0) is 24.0 Å². The van der Waals surface area contributed by atoms with Crippen LogP contribution in [-0.4, -0.2) is 102 Å². The fourth-order valence-electron chi connectivity index (χ4n) is 4.80. The molecule has 1 saturated heterocycles. The summed E-state index contributed by atoms with van der Waals surface area (Å²) in [6, 6.07) is 16.6. The Bertz CT molecular complexity index is 1020. The van der Waals surface area contributed by atoms with Gasteiger partial charge in [0.2, 0.25) is 0 Å². The molecule has 2 amide bonds. The molecule has 4 atom stereocenters. The maximum absolute atomic E-state index is 13.7. The maximum atomic E-state index is 13.7. The molecule has 9 nitrogen and oxygen atoms in total. The summed E-state index contributed by atoms with van der Waals surface area (Å²) < 4.78 is 74.1. The fourth-order valence-corrected chi connectivity index (χ4v) is 4.80. The van der Waals surface area contributed by atoms with E-state index >= 15 is 0 Å². The van der Waals surface area contributed by atoms with Crippen LogP contribution in [-0.2, 0) is 41.3 Å². The number of carbonyl (C=O) groups is 1. The van der Waals surface area contributed by atoms with Crippen LogP contribution in [0.15, 0.2) is 60.7 Å². The number of halogens is 3. The van der Waals surface area contributed by atoms with Crippen LogP contribution in [0, 0.1) is 0 Å². The Hall–Kier alpha value is -2.74. The van der Waals surface area contributed by atoms with Gasteiger partial charge >= 0.3 is 12.2 Å². The summed E-state index contributed by atoms with van der Waals surface area (Å²) in [4.78, 5) is 14.9. The first kappa shape index (κ1) is 33.8. The van der Waals surface area contributed by atoms with E-state index in [9.17, 15) is 18.0 Å². The third-order valence-corrected chi connectivity index (χ3v) is 6.84. The smallest absolute Gasteiger partial charge is 0.382 e. The van der Waals surface area contributed by atoms with Crippen molar-refractivity contribution < 1.29 is 46.4 Å². The zero-order chi connectivity index (χ0) is 30.2. The van der Waals surface area contributed by atoms with Gasteiger partial charge in [0.15, 0.2) is 0 Å². The topological polar surface area (TPSA) is 87.7 Å². The molecule has 1 heterocycles. The molecule has 3 rings (SSSR count). The number of hydrogen-bond donors (Lipinski definition) is 1. The number of alkyl halides is 3. The zero-order valence-electron chi connectivity index (χ0n) is 24.1. The number of hydrogen-bond acceptors (Lipinski definition) is 7. The Morgan fingerprint density at radius 3 is 1.81 bits per heavy atom. The van der Waals surface area contributed by atoms with Crippen molar-refractivity contribution in [3.05, 3.63) is 71.8 Å². The Morgan fingerprint density at radius 2 is 1.29 bits per heavy atom. The highest BCUT2D eigenvalue weighted by molar-refractivity contribution is 5.75. The van der Waals surface area contributed by atoms with E-state index in [1.165, 1.54) is 4.90 Å². The molecule has 0 saturated carbocycles. The lowest BCUT2D eigenvalue weighted by molar-refractivity contribution is -0.189. The largest absolute Gasteiger partial charge is 0.390 e. The quantitative estimate of drug-likeness (QED) is 0.203. The maximum Gasteiger partial charge on any atom is 0.390 e. The predicted octanol–water partition coefficient (Wildman–Crippen LogP) is 4.20. The Kier molecular flexibility index (Phi) is 14.5. The van der Waals surface area contributed by atoms with Crippen LogP contribution in [0.5, 0.6) is 0 Å². The van der Waals surface area contributed by atoms with E-state index in [4.69, 9.17) is 28.4 Å². The Morgan fingerprint density at radius 1 is 0.762 bits per heavy atom. The standard InChI is InChI=1S/C30H41F3N2O7/c1-37-15-17-39-21-41-27-25(19-23-9-5-3-6-10-23)34-29(36)35(14-13-30(31,32)33)26(20-24-11-7-4-8-12-24)28(27)42-22-40-18-16-38-2/h3-12,25-28H,13-22H2,1-2H3,(H,34,36)/t25-,26-,27+,28+/m0/s1. The molecule has 12 heteroatoms. The first-order chi connectivity index (χ1) is 20.3. The van der Waals surface area contributed by atoms with Gasteiger partial charge in [0, 0.05) is 20.8 Å². The van der Waals surface area contributed by atoms with Gasteiger partial charge in [-0.2, -0.15) is 13.2 Å². The van der Waals surface area contributed by atoms with E-state index in [-0.39, 0.29) is 33.2 Å². The minimum absolute atomic E-state index is 0.139. The molecule has 2 aromatic rings. The number of urea groups is 1. The molecule has 0 unspecified atom stereocenters. The molecular weight excluding hydrogens is 557 g/mol. The van der Waals surface area contributed by atoms with Crippen molar-refractivity contribution in [2.24, 2.45) is 0 Å². The SMILES string of the molecule is COCCOCO[C@H]1[C@H](OCOCCOC)[C@H](Cc2ccccc2)N(CCC(F)(F)F)C(=O)N[C@H]1Cc1ccccc1. The van der Waals surface area contributed by atoms with Crippen molar-refractivity contribution in [3.8, 4) is 0 Å². The molecule has 0 aromatic heterocycles. The highest BCUT2D eigenvalue weighted by Gasteiger charge is 2.46. The number of benzene rings is 2. The van der Waals surface area contributed by atoms with E-state index in [1.807, 2.05) is 60.7 Å². The van der Waals surface area contributed by atoms with Crippen LogP contribution < -0.4 is 5.32 Å². The summed E-state index contributed by atoms with van der Waals surface area (Å²) in [5, 5.41) is 2.95. The van der Waals surface area contributed by atoms with Gasteiger partial charge in [0.1, 0.15) is 25.8 Å². The normalized spacial score (nSPS) is 21.3. The molecule has 1 fully saturated rings. The first-order valence-corrected chi connectivity index (χ1v) is 13.9. The molecule has 0 spiro atoms. The molecule has 1 aliphatic rings. The number of carbonyl (C=O) groups excluding carboxylic acids is 1. The molecule has 2 aromatic carbocycles. The number of rotatable bonds is 18. The van der Waals surface area contributed by atoms with Crippen LogP contribution in [0.2, 0.25) is 0 Å². The van der Waals surface area contributed by atoms with Crippen LogP contribution >= 0.6 is 0 Å². The molecule has 0 bridgehead atoms. The van der Waals surface area contributed by atoms with Crippen LogP contribution in [0.25, 0.3) is 0 Å². The first-order valence-electron chi connectivity index (χ1n) is 13.9. The minimum atomic E-state index is -4.46. The second-order valence-corrected chi connectivity index (χ2v) is 9.86. The lowest BCUT2D eigenvalue weighted by Crippen LogP contribution is -2.53. The van der Waals surface area contributed by atoms with Gasteiger partial charge in [-0.3, -0.25) is 0 Å². The highest BCUT2D eigenvalue weighted by atomic mass is 19.4. The summed E-state index contributed by atoms with van der Waals surface area (Å²) in [6.07, 6.45) is -6.72. The van der Waals surface area contributed by atoms with Crippen molar-refractivity contribution >= 4 is 6.03 Å². The van der Waals surface area contributed by atoms with Crippen LogP contribution in [0.4, 0.5) is 18.0 Å². The highest BCUT2D eigenvalue weighted by Crippen LogP contribution is 2.29. The summed E-state index contributed by atoms with van der Waals surface area (Å²) >= 11 is 0. The van der Waals surface area contributed by atoms with Crippen molar-refractivity contribution in [3.63, 3.8) is 0 Å². The molecule has 0 radical (unpaired) electrons. The van der Waals surface area contributed by atoms with Gasteiger partial charge in [0.05, 0.1) is 44.9 Å². The lowest BCUT2D eigenvalue weighted by Gasteiger charge is -2.37. The van der Waals surface area contributed by atoms with E-state index in [0.29, 0.717) is 19.6 Å². The third kappa shape index (κ3) is 11.5. The summed E-state index contributed by atoms with van der Waals surface area (Å²) in [5.41, 5.74) is 1.74. The van der Waals surface area contributed by atoms with Crippen LogP contribution in [0.3, 0.4) is 0 Å². The molecule has 1 N–H and O–H groups in total. The van der Waals surface area contributed by atoms with Gasteiger partial charge in [0.25, 0.3) is 0 Å². The minimum Gasteiger partial charge on any atom is -0.382 e. The number of methoxy groups -OCH3 is 2. The number of amides is 2. The second kappa shape index (κ2) is 18.0. The molecule has 0 aliphatic carbocycles. The van der Waals surface area contributed by atoms with E-state index in [0.717, 1.165) is 11.1 Å². The number of ether oxygens (including phenoxy) is 6. The van der Waals surface area contributed by atoms with Gasteiger partial charge in [-0.25, -0.2) is 4.79 Å². The van der Waals surface area contributed by atoms with Crippen molar-refractivity contribution in [1.29, 1.82) is 0 Å². The number of nitrogens with zero attached hydrogens (tertiary/aromatic N) is 1.